The molecule has 0 atom stereocenters. The Hall–Kier alpha value is -1.79. The maximum atomic E-state index is 11.8. The molecule has 1 amide bonds. The van der Waals surface area contributed by atoms with Crippen molar-refractivity contribution >= 4 is 35.0 Å². The second-order valence-corrected chi connectivity index (χ2v) is 5.49. The van der Waals surface area contributed by atoms with Gasteiger partial charge in [0.25, 0.3) is 0 Å². The first-order valence-corrected chi connectivity index (χ1v) is 7.15. The van der Waals surface area contributed by atoms with E-state index in [-0.39, 0.29) is 11.7 Å². The van der Waals surface area contributed by atoms with Gasteiger partial charge in [0, 0.05) is 16.4 Å². The summed E-state index contributed by atoms with van der Waals surface area (Å²) in [6, 6.07) is 8.63. The fourth-order valence-electron chi connectivity index (χ4n) is 1.53. The summed E-state index contributed by atoms with van der Waals surface area (Å²) in [5.41, 5.74) is 0.934. The number of aryl methyl sites for hydroxylation is 1. The summed E-state index contributed by atoms with van der Waals surface area (Å²) in [6.07, 6.45) is 0. The van der Waals surface area contributed by atoms with Crippen LogP contribution < -0.4 is 11.0 Å². The maximum Gasteiger partial charge on any atom is 0.346 e. The molecule has 0 bridgehead atoms. The van der Waals surface area contributed by atoms with Gasteiger partial charge in [0.05, 0.1) is 5.75 Å². The van der Waals surface area contributed by atoms with Crippen molar-refractivity contribution in [2.45, 2.75) is 11.9 Å². The Morgan fingerprint density at radius 1 is 1.45 bits per heavy atom. The number of carbonyl (C=O) groups is 1. The number of aromatic nitrogens is 2. The van der Waals surface area contributed by atoms with Crippen LogP contribution in [0.5, 0.6) is 0 Å². The summed E-state index contributed by atoms with van der Waals surface area (Å²) >= 11 is 7.04. The van der Waals surface area contributed by atoms with Gasteiger partial charge in [0.2, 0.25) is 5.91 Å². The molecule has 2 aromatic rings. The van der Waals surface area contributed by atoms with Crippen molar-refractivity contribution in [3.63, 3.8) is 0 Å². The molecule has 1 aromatic carbocycles. The third kappa shape index (κ3) is 4.40. The number of halogens is 1. The number of carbonyl (C=O) groups excluding carboxylic acids is 1. The van der Waals surface area contributed by atoms with Crippen LogP contribution in [0.25, 0.3) is 0 Å². The monoisotopic (exact) mass is 309 g/mol. The average molecular weight is 310 g/mol. The van der Waals surface area contributed by atoms with Crippen LogP contribution in [0.15, 0.2) is 40.2 Å². The molecule has 0 unspecified atom stereocenters. The van der Waals surface area contributed by atoms with Crippen LogP contribution >= 0.6 is 23.4 Å². The summed E-state index contributed by atoms with van der Waals surface area (Å²) in [5.74, 6) is -0.0143. The Kier molecular flexibility index (Phi) is 4.81. The Morgan fingerprint density at radius 2 is 2.25 bits per heavy atom. The van der Waals surface area contributed by atoms with Crippen LogP contribution in [0, 0.1) is 6.92 Å². The molecule has 0 aliphatic carbocycles. The van der Waals surface area contributed by atoms with Crippen molar-refractivity contribution in [3.05, 3.63) is 51.5 Å². The number of H-pyrrole nitrogens is 1. The fraction of sp³-hybridized carbons (Fsp3) is 0.154. The minimum absolute atomic E-state index is 0.169. The molecule has 0 saturated carbocycles. The Labute approximate surface area is 124 Å². The van der Waals surface area contributed by atoms with Crippen molar-refractivity contribution in [2.24, 2.45) is 0 Å². The Morgan fingerprint density at radius 3 is 2.95 bits per heavy atom. The van der Waals surface area contributed by atoms with E-state index in [1.54, 1.807) is 37.3 Å². The van der Waals surface area contributed by atoms with Gasteiger partial charge in [-0.3, -0.25) is 4.79 Å². The van der Waals surface area contributed by atoms with Crippen molar-refractivity contribution in [1.82, 2.24) is 9.97 Å². The number of nitrogens with zero attached hydrogens (tertiary/aromatic N) is 1. The van der Waals surface area contributed by atoms with Crippen LogP contribution in [0.1, 0.15) is 5.69 Å². The second kappa shape index (κ2) is 6.58. The average Bonchev–Trinajstić information content (AvgIpc) is 2.35. The van der Waals surface area contributed by atoms with Crippen molar-refractivity contribution in [2.75, 3.05) is 11.1 Å². The molecule has 20 heavy (non-hydrogen) atoms. The van der Waals surface area contributed by atoms with E-state index in [2.05, 4.69) is 15.3 Å². The first-order chi connectivity index (χ1) is 9.52. The molecular weight excluding hydrogens is 298 g/mol. The molecule has 2 N–H and O–H groups in total. The summed E-state index contributed by atoms with van der Waals surface area (Å²) in [4.78, 5) is 29.3. The highest BCUT2D eigenvalue weighted by Crippen LogP contribution is 2.17. The van der Waals surface area contributed by atoms with E-state index in [9.17, 15) is 9.59 Å². The zero-order valence-corrected chi connectivity index (χ0v) is 12.2. The lowest BCUT2D eigenvalue weighted by molar-refractivity contribution is -0.113. The minimum atomic E-state index is -0.414. The van der Waals surface area contributed by atoms with Crippen molar-refractivity contribution in [3.8, 4) is 0 Å². The normalized spacial score (nSPS) is 10.3. The first kappa shape index (κ1) is 14.6. The van der Waals surface area contributed by atoms with E-state index >= 15 is 0 Å². The van der Waals surface area contributed by atoms with Gasteiger partial charge in [0.1, 0.15) is 5.03 Å². The molecule has 0 saturated heterocycles. The van der Waals surface area contributed by atoms with Crippen LogP contribution in [0.4, 0.5) is 5.69 Å². The SMILES string of the molecule is Cc1cc(SCC(=O)Nc2cccc(Cl)c2)nc(=O)[nH]1. The van der Waals surface area contributed by atoms with Crippen LogP contribution in [0.3, 0.4) is 0 Å². The maximum absolute atomic E-state index is 11.8. The number of benzene rings is 1. The van der Waals surface area contributed by atoms with Crippen LogP contribution in [0.2, 0.25) is 5.02 Å². The van der Waals surface area contributed by atoms with E-state index in [0.29, 0.717) is 21.4 Å². The number of amides is 1. The minimum Gasteiger partial charge on any atom is -0.325 e. The number of hydrogen-bond acceptors (Lipinski definition) is 4. The summed E-state index contributed by atoms with van der Waals surface area (Å²) in [7, 11) is 0. The predicted molar refractivity (Wildman–Crippen MR) is 80.4 cm³/mol. The molecule has 0 spiro atoms. The molecule has 7 heteroatoms. The van der Waals surface area contributed by atoms with Crippen molar-refractivity contribution in [1.29, 1.82) is 0 Å². The summed E-state index contributed by atoms with van der Waals surface area (Å²) in [5, 5.41) is 3.80. The number of hydrogen-bond donors (Lipinski definition) is 2. The second-order valence-electron chi connectivity index (χ2n) is 4.05. The lowest BCUT2D eigenvalue weighted by Gasteiger charge is -2.05. The van der Waals surface area contributed by atoms with Gasteiger partial charge in [-0.15, -0.1) is 0 Å². The molecule has 1 aromatic heterocycles. The third-order valence-electron chi connectivity index (χ3n) is 2.32. The first-order valence-electron chi connectivity index (χ1n) is 5.79. The highest BCUT2D eigenvalue weighted by atomic mass is 35.5. The predicted octanol–water partition coefficient (Wildman–Crippen LogP) is 2.46. The molecule has 0 radical (unpaired) electrons. The van der Waals surface area contributed by atoms with E-state index < -0.39 is 5.69 Å². The van der Waals surface area contributed by atoms with Crippen LogP contribution in [-0.2, 0) is 4.79 Å². The number of thioether (sulfide) groups is 1. The Bertz CT molecular complexity index is 687. The molecule has 1 heterocycles. The molecule has 2 rings (SSSR count). The molecule has 5 nitrogen and oxygen atoms in total. The third-order valence-corrected chi connectivity index (χ3v) is 3.46. The number of nitrogens with one attached hydrogen (secondary N) is 2. The van der Waals surface area contributed by atoms with Gasteiger partial charge in [-0.1, -0.05) is 29.4 Å². The van der Waals surface area contributed by atoms with Gasteiger partial charge >= 0.3 is 5.69 Å². The van der Waals surface area contributed by atoms with Gasteiger partial charge in [0.15, 0.2) is 0 Å². The van der Waals surface area contributed by atoms with E-state index in [1.807, 2.05) is 0 Å². The number of aromatic amines is 1. The van der Waals surface area contributed by atoms with E-state index in [0.717, 1.165) is 0 Å². The van der Waals surface area contributed by atoms with Gasteiger partial charge < -0.3 is 10.3 Å². The highest BCUT2D eigenvalue weighted by Gasteiger charge is 2.06. The summed E-state index contributed by atoms with van der Waals surface area (Å²) in [6.45, 7) is 1.76. The molecular formula is C13H12ClN3O2S. The number of rotatable bonds is 4. The van der Waals surface area contributed by atoms with Crippen LogP contribution in [-0.4, -0.2) is 21.6 Å². The lowest BCUT2D eigenvalue weighted by atomic mass is 10.3. The zero-order valence-electron chi connectivity index (χ0n) is 10.6. The topological polar surface area (TPSA) is 74.8 Å². The standard InChI is InChI=1S/C13H12ClN3O2S/c1-8-5-12(17-13(19)15-8)20-7-11(18)16-10-4-2-3-9(14)6-10/h2-6H,7H2,1H3,(H,16,18)(H,15,17,19). The summed E-state index contributed by atoms with van der Waals surface area (Å²) < 4.78 is 0. The highest BCUT2D eigenvalue weighted by molar-refractivity contribution is 7.99. The Balaban J connectivity index is 1.93. The largest absolute Gasteiger partial charge is 0.346 e. The van der Waals surface area contributed by atoms with E-state index in [4.69, 9.17) is 11.6 Å². The molecule has 0 aliphatic rings. The molecule has 0 fully saturated rings. The van der Waals surface area contributed by atoms with Crippen molar-refractivity contribution < 1.29 is 4.79 Å². The molecule has 0 aliphatic heterocycles. The van der Waals surface area contributed by atoms with Gasteiger partial charge in [-0.25, -0.2) is 4.79 Å². The smallest absolute Gasteiger partial charge is 0.325 e. The fourth-order valence-corrected chi connectivity index (χ4v) is 2.48. The number of anilines is 1. The quantitative estimate of drug-likeness (QED) is 0.672. The zero-order chi connectivity index (χ0) is 14.5. The molecule has 104 valence electrons. The lowest BCUT2D eigenvalue weighted by Crippen LogP contribution is -2.16. The van der Waals surface area contributed by atoms with Gasteiger partial charge in [-0.2, -0.15) is 4.98 Å². The van der Waals surface area contributed by atoms with Gasteiger partial charge in [-0.05, 0) is 31.2 Å². The van der Waals surface area contributed by atoms with E-state index in [1.165, 1.54) is 11.8 Å².